The number of oxazole rings is 1. The number of nitrogens with one attached hydrogen (secondary N) is 1. The summed E-state index contributed by atoms with van der Waals surface area (Å²) in [5, 5.41) is 3.81. The Kier molecular flexibility index (Phi) is 4.74. The monoisotopic (exact) mass is 302 g/mol. The van der Waals surface area contributed by atoms with Crippen molar-refractivity contribution in [3.8, 4) is 0 Å². The van der Waals surface area contributed by atoms with Gasteiger partial charge in [-0.3, -0.25) is 4.79 Å². The summed E-state index contributed by atoms with van der Waals surface area (Å²) in [6.45, 7) is 8.37. The van der Waals surface area contributed by atoms with Crippen LogP contribution in [-0.4, -0.2) is 22.8 Å². The van der Waals surface area contributed by atoms with Crippen LogP contribution in [0.1, 0.15) is 42.4 Å². The van der Waals surface area contributed by atoms with E-state index in [1.165, 1.54) is 0 Å². The minimum Gasteiger partial charge on any atom is -0.436 e. The van der Waals surface area contributed by atoms with Gasteiger partial charge in [0.15, 0.2) is 5.89 Å². The molecule has 4 nitrogen and oxygen atoms in total. The molecule has 17 heavy (non-hydrogen) atoms. The minimum absolute atomic E-state index is 0.0716. The molecule has 1 N–H and O–H groups in total. The summed E-state index contributed by atoms with van der Waals surface area (Å²) in [7, 11) is 0. The number of hydrogen-bond donors (Lipinski definition) is 1. The van der Waals surface area contributed by atoms with E-state index < -0.39 is 0 Å². The lowest BCUT2D eigenvalue weighted by atomic mass is 9.90. The fourth-order valence-corrected chi connectivity index (χ4v) is 2.56. The van der Waals surface area contributed by atoms with Crippen LogP contribution in [0.3, 0.4) is 0 Å². The lowest BCUT2D eigenvalue weighted by Crippen LogP contribution is -2.34. The molecule has 0 radical (unpaired) electrons. The van der Waals surface area contributed by atoms with Gasteiger partial charge in [-0.1, -0.05) is 29.8 Å². The first-order chi connectivity index (χ1) is 7.85. The third-order valence-electron chi connectivity index (χ3n) is 2.61. The van der Waals surface area contributed by atoms with Crippen molar-refractivity contribution in [2.45, 2.75) is 34.1 Å². The normalized spacial score (nSPS) is 11.6. The Labute approximate surface area is 110 Å². The Morgan fingerprint density at radius 2 is 2.12 bits per heavy atom. The molecule has 0 atom stereocenters. The SMILES string of the molecule is Cc1nc(C)c(C(=O)NCC(C)(C)CCBr)o1. The molecule has 5 heteroatoms. The largest absolute Gasteiger partial charge is 0.436 e. The fourth-order valence-electron chi connectivity index (χ4n) is 1.49. The molecule has 0 bridgehead atoms. The van der Waals surface area contributed by atoms with E-state index in [2.05, 4.69) is 40.1 Å². The van der Waals surface area contributed by atoms with Gasteiger partial charge < -0.3 is 9.73 Å². The van der Waals surface area contributed by atoms with E-state index in [-0.39, 0.29) is 11.3 Å². The molecule has 0 aromatic carbocycles. The molecule has 1 amide bonds. The number of carbonyl (C=O) groups is 1. The zero-order chi connectivity index (χ0) is 13.1. The van der Waals surface area contributed by atoms with Crippen LogP contribution in [0, 0.1) is 19.3 Å². The molecule has 1 aromatic rings. The molecule has 0 aliphatic heterocycles. The Balaban J connectivity index is 2.59. The highest BCUT2D eigenvalue weighted by atomic mass is 79.9. The maximum atomic E-state index is 11.9. The van der Waals surface area contributed by atoms with Crippen LogP contribution in [-0.2, 0) is 0 Å². The van der Waals surface area contributed by atoms with E-state index in [0.29, 0.717) is 23.9 Å². The highest BCUT2D eigenvalue weighted by Gasteiger charge is 2.21. The number of aryl methyl sites for hydroxylation is 2. The predicted molar refractivity (Wildman–Crippen MR) is 70.5 cm³/mol. The van der Waals surface area contributed by atoms with E-state index >= 15 is 0 Å². The summed E-state index contributed by atoms with van der Waals surface area (Å²) in [5.74, 6) is 0.648. The van der Waals surface area contributed by atoms with Crippen LogP contribution in [0.4, 0.5) is 0 Å². The maximum absolute atomic E-state index is 11.9. The Morgan fingerprint density at radius 3 is 2.59 bits per heavy atom. The molecule has 0 aliphatic rings. The zero-order valence-corrected chi connectivity index (χ0v) is 12.3. The maximum Gasteiger partial charge on any atom is 0.289 e. The van der Waals surface area contributed by atoms with Crippen LogP contribution >= 0.6 is 15.9 Å². The average Bonchev–Trinajstić information content (AvgIpc) is 2.54. The highest BCUT2D eigenvalue weighted by Crippen LogP contribution is 2.20. The third-order valence-corrected chi connectivity index (χ3v) is 3.01. The van der Waals surface area contributed by atoms with Crippen LogP contribution in [0.15, 0.2) is 4.42 Å². The number of rotatable bonds is 5. The van der Waals surface area contributed by atoms with Crippen LogP contribution in [0.25, 0.3) is 0 Å². The summed E-state index contributed by atoms with van der Waals surface area (Å²) < 4.78 is 5.27. The first-order valence-electron chi connectivity index (χ1n) is 5.64. The van der Waals surface area contributed by atoms with E-state index in [4.69, 9.17) is 4.42 Å². The predicted octanol–water partition coefficient (Wildman–Crippen LogP) is 2.83. The molecule has 96 valence electrons. The van der Waals surface area contributed by atoms with Crippen molar-refractivity contribution in [1.82, 2.24) is 10.3 Å². The smallest absolute Gasteiger partial charge is 0.289 e. The number of halogens is 1. The van der Waals surface area contributed by atoms with Gasteiger partial charge in [-0.2, -0.15) is 0 Å². The molecular formula is C12H19BrN2O2. The van der Waals surface area contributed by atoms with Crippen LogP contribution in [0.5, 0.6) is 0 Å². The molecule has 1 heterocycles. The van der Waals surface area contributed by atoms with E-state index in [9.17, 15) is 4.79 Å². The fraction of sp³-hybridized carbons (Fsp3) is 0.667. The number of nitrogens with zero attached hydrogens (tertiary/aromatic N) is 1. The number of aromatic nitrogens is 1. The molecule has 0 unspecified atom stereocenters. The minimum atomic E-state index is -0.189. The van der Waals surface area contributed by atoms with E-state index in [1.807, 2.05) is 0 Å². The highest BCUT2D eigenvalue weighted by molar-refractivity contribution is 9.09. The van der Waals surface area contributed by atoms with Gasteiger partial charge in [-0.15, -0.1) is 0 Å². The van der Waals surface area contributed by atoms with Crippen LogP contribution in [0.2, 0.25) is 0 Å². The van der Waals surface area contributed by atoms with Crippen molar-refractivity contribution in [3.05, 3.63) is 17.3 Å². The summed E-state index contributed by atoms with van der Waals surface area (Å²) >= 11 is 3.41. The summed E-state index contributed by atoms with van der Waals surface area (Å²) in [4.78, 5) is 16.0. The summed E-state index contributed by atoms with van der Waals surface area (Å²) in [6, 6.07) is 0. The third kappa shape index (κ3) is 4.15. The first kappa shape index (κ1) is 14.2. The molecule has 0 saturated carbocycles. The van der Waals surface area contributed by atoms with Gasteiger partial charge in [0.05, 0.1) is 5.69 Å². The van der Waals surface area contributed by atoms with Crippen molar-refractivity contribution < 1.29 is 9.21 Å². The number of hydrogen-bond acceptors (Lipinski definition) is 3. The molecular weight excluding hydrogens is 284 g/mol. The topological polar surface area (TPSA) is 55.1 Å². The van der Waals surface area contributed by atoms with Crippen molar-refractivity contribution in [2.24, 2.45) is 5.41 Å². The average molecular weight is 303 g/mol. The standard InChI is InChI=1S/C12H19BrN2O2/c1-8-10(17-9(2)15-8)11(16)14-7-12(3,4)5-6-13/h5-7H2,1-4H3,(H,14,16). The number of alkyl halides is 1. The summed E-state index contributed by atoms with van der Waals surface area (Å²) in [5.41, 5.74) is 0.709. The second-order valence-corrected chi connectivity index (χ2v) is 5.73. The Bertz CT molecular complexity index is 399. The van der Waals surface area contributed by atoms with Gasteiger partial charge in [0.25, 0.3) is 5.91 Å². The first-order valence-corrected chi connectivity index (χ1v) is 6.76. The molecule has 1 aromatic heterocycles. The molecule has 1 rings (SSSR count). The van der Waals surface area contributed by atoms with Gasteiger partial charge in [-0.05, 0) is 18.8 Å². The number of carbonyl (C=O) groups excluding carboxylic acids is 1. The van der Waals surface area contributed by atoms with Gasteiger partial charge in [0.2, 0.25) is 5.76 Å². The van der Waals surface area contributed by atoms with Crippen LogP contribution < -0.4 is 5.32 Å². The van der Waals surface area contributed by atoms with Crippen molar-refractivity contribution in [3.63, 3.8) is 0 Å². The quantitative estimate of drug-likeness (QED) is 0.851. The summed E-state index contributed by atoms with van der Waals surface area (Å²) in [6.07, 6.45) is 1.00. The zero-order valence-electron chi connectivity index (χ0n) is 10.8. The second kappa shape index (κ2) is 5.67. The molecule has 0 fully saturated rings. The van der Waals surface area contributed by atoms with Crippen molar-refractivity contribution in [2.75, 3.05) is 11.9 Å². The van der Waals surface area contributed by atoms with E-state index in [1.54, 1.807) is 13.8 Å². The molecule has 0 spiro atoms. The van der Waals surface area contributed by atoms with E-state index in [0.717, 1.165) is 11.8 Å². The molecule has 0 aliphatic carbocycles. The Morgan fingerprint density at radius 1 is 1.47 bits per heavy atom. The van der Waals surface area contributed by atoms with Crippen molar-refractivity contribution >= 4 is 21.8 Å². The lowest BCUT2D eigenvalue weighted by molar-refractivity contribution is 0.0906. The van der Waals surface area contributed by atoms with Crippen molar-refractivity contribution in [1.29, 1.82) is 0 Å². The van der Waals surface area contributed by atoms with Gasteiger partial charge in [0.1, 0.15) is 0 Å². The lowest BCUT2D eigenvalue weighted by Gasteiger charge is -2.23. The van der Waals surface area contributed by atoms with Gasteiger partial charge >= 0.3 is 0 Å². The molecule has 0 saturated heterocycles. The Hall–Kier alpha value is -0.840. The second-order valence-electron chi connectivity index (χ2n) is 4.93. The number of amides is 1. The van der Waals surface area contributed by atoms with Gasteiger partial charge in [-0.25, -0.2) is 4.98 Å². The van der Waals surface area contributed by atoms with Gasteiger partial charge in [0, 0.05) is 18.8 Å².